The van der Waals surface area contributed by atoms with Crippen LogP contribution in [-0.4, -0.2) is 38.2 Å². The Morgan fingerprint density at radius 2 is 1.62 bits per heavy atom. The molecule has 6 heteroatoms. The Kier molecular flexibility index (Phi) is 12.9. The van der Waals surface area contributed by atoms with E-state index in [2.05, 4.69) is 30.1 Å². The standard InChI is InChI=1S/C26H38Cl2N2O2/c1-4-6-15-30(16-7-5-2)17-9-14-29-19-22-10-8-11-25(31-3)26(22)32-20-21-12-13-23(27)24(28)18-21/h8,10-13,18,29H,4-7,9,14-17,19-20H2,1-3H3. The van der Waals surface area contributed by atoms with Crippen LogP contribution >= 0.6 is 23.2 Å². The molecule has 0 aromatic heterocycles. The molecule has 0 bridgehead atoms. The van der Waals surface area contributed by atoms with Crippen molar-refractivity contribution < 1.29 is 9.47 Å². The smallest absolute Gasteiger partial charge is 0.166 e. The van der Waals surface area contributed by atoms with Crippen molar-refractivity contribution in [2.24, 2.45) is 0 Å². The van der Waals surface area contributed by atoms with E-state index in [4.69, 9.17) is 32.7 Å². The van der Waals surface area contributed by atoms with Gasteiger partial charge in [-0.2, -0.15) is 0 Å². The second-order valence-electron chi connectivity index (χ2n) is 8.06. The number of halogens is 2. The Bertz CT molecular complexity index is 793. The first-order chi connectivity index (χ1) is 15.6. The zero-order valence-corrected chi connectivity index (χ0v) is 21.3. The van der Waals surface area contributed by atoms with E-state index >= 15 is 0 Å². The van der Waals surface area contributed by atoms with Crippen LogP contribution in [0.1, 0.15) is 57.1 Å². The van der Waals surface area contributed by atoms with E-state index < -0.39 is 0 Å². The van der Waals surface area contributed by atoms with Gasteiger partial charge in [-0.3, -0.25) is 0 Å². The van der Waals surface area contributed by atoms with Gasteiger partial charge < -0.3 is 19.7 Å². The zero-order valence-electron chi connectivity index (χ0n) is 19.8. The average Bonchev–Trinajstić information content (AvgIpc) is 2.81. The molecule has 0 heterocycles. The first-order valence-corrected chi connectivity index (χ1v) is 12.5. The largest absolute Gasteiger partial charge is 0.493 e. The van der Waals surface area contributed by atoms with Gasteiger partial charge >= 0.3 is 0 Å². The maximum absolute atomic E-state index is 6.15. The van der Waals surface area contributed by atoms with Gasteiger partial charge in [-0.1, -0.05) is 68.1 Å². The molecule has 2 aromatic rings. The fourth-order valence-electron chi connectivity index (χ4n) is 3.56. The van der Waals surface area contributed by atoms with Crippen LogP contribution in [0.15, 0.2) is 36.4 Å². The van der Waals surface area contributed by atoms with Crippen molar-refractivity contribution in [3.8, 4) is 11.5 Å². The first kappa shape index (κ1) is 26.8. The van der Waals surface area contributed by atoms with Crippen LogP contribution in [0.25, 0.3) is 0 Å². The van der Waals surface area contributed by atoms with Crippen molar-refractivity contribution >= 4 is 23.2 Å². The van der Waals surface area contributed by atoms with Gasteiger partial charge in [-0.05, 0) is 69.2 Å². The highest BCUT2D eigenvalue weighted by Gasteiger charge is 2.12. The maximum atomic E-state index is 6.15. The van der Waals surface area contributed by atoms with Gasteiger partial charge in [0.25, 0.3) is 0 Å². The molecule has 0 radical (unpaired) electrons. The number of methoxy groups -OCH3 is 1. The molecule has 0 saturated heterocycles. The molecule has 2 rings (SSSR count). The minimum Gasteiger partial charge on any atom is -0.493 e. The summed E-state index contributed by atoms with van der Waals surface area (Å²) < 4.78 is 11.7. The van der Waals surface area contributed by atoms with E-state index in [1.807, 2.05) is 24.3 Å². The molecule has 0 amide bonds. The van der Waals surface area contributed by atoms with Gasteiger partial charge in [-0.25, -0.2) is 0 Å². The van der Waals surface area contributed by atoms with Crippen molar-refractivity contribution in [2.75, 3.05) is 33.3 Å². The fourth-order valence-corrected chi connectivity index (χ4v) is 3.88. The third kappa shape index (κ3) is 9.19. The van der Waals surface area contributed by atoms with Crippen LogP contribution in [-0.2, 0) is 13.2 Å². The monoisotopic (exact) mass is 480 g/mol. The molecule has 0 aliphatic carbocycles. The van der Waals surface area contributed by atoms with Crippen molar-refractivity contribution in [1.29, 1.82) is 0 Å². The molecule has 0 atom stereocenters. The predicted octanol–water partition coefficient (Wildman–Crippen LogP) is 6.96. The quantitative estimate of drug-likeness (QED) is 0.263. The summed E-state index contributed by atoms with van der Waals surface area (Å²) in [5.74, 6) is 1.50. The Hall–Kier alpha value is -1.46. The van der Waals surface area contributed by atoms with Crippen LogP contribution in [0.5, 0.6) is 11.5 Å². The van der Waals surface area contributed by atoms with E-state index in [1.165, 1.54) is 38.8 Å². The van der Waals surface area contributed by atoms with E-state index in [1.54, 1.807) is 13.2 Å². The lowest BCUT2D eigenvalue weighted by Crippen LogP contribution is -2.29. The maximum Gasteiger partial charge on any atom is 0.166 e. The molecule has 0 unspecified atom stereocenters. The van der Waals surface area contributed by atoms with Crippen molar-refractivity contribution in [3.05, 3.63) is 57.6 Å². The lowest BCUT2D eigenvalue weighted by Gasteiger charge is -2.22. The summed E-state index contributed by atoms with van der Waals surface area (Å²) >= 11 is 12.2. The Balaban J connectivity index is 1.88. The van der Waals surface area contributed by atoms with E-state index in [0.717, 1.165) is 48.7 Å². The molecule has 4 nitrogen and oxygen atoms in total. The molecule has 0 aliphatic heterocycles. The number of nitrogens with one attached hydrogen (secondary N) is 1. The van der Waals surface area contributed by atoms with Gasteiger partial charge in [-0.15, -0.1) is 0 Å². The number of hydrogen-bond donors (Lipinski definition) is 1. The van der Waals surface area contributed by atoms with E-state index in [9.17, 15) is 0 Å². The minimum atomic E-state index is 0.397. The summed E-state index contributed by atoms with van der Waals surface area (Å²) in [4.78, 5) is 2.60. The molecule has 1 N–H and O–H groups in total. The zero-order chi connectivity index (χ0) is 23.2. The third-order valence-corrected chi connectivity index (χ3v) is 6.19. The molecule has 32 heavy (non-hydrogen) atoms. The Morgan fingerprint density at radius 3 is 2.28 bits per heavy atom. The number of ether oxygens (including phenoxy) is 2. The van der Waals surface area contributed by atoms with Crippen LogP contribution in [0, 0.1) is 0 Å². The molecular formula is C26H38Cl2N2O2. The van der Waals surface area contributed by atoms with Gasteiger partial charge in [0, 0.05) is 12.1 Å². The second kappa shape index (κ2) is 15.4. The highest BCUT2D eigenvalue weighted by atomic mass is 35.5. The third-order valence-electron chi connectivity index (χ3n) is 5.45. The summed E-state index contributed by atoms with van der Waals surface area (Å²) in [6, 6.07) is 11.5. The van der Waals surface area contributed by atoms with Crippen LogP contribution < -0.4 is 14.8 Å². The SMILES string of the molecule is CCCCN(CCCC)CCCNCc1cccc(OC)c1OCc1ccc(Cl)c(Cl)c1. The van der Waals surface area contributed by atoms with Crippen molar-refractivity contribution in [3.63, 3.8) is 0 Å². The Labute approximate surface area is 204 Å². The number of unbranched alkanes of at least 4 members (excludes halogenated alkanes) is 2. The second-order valence-corrected chi connectivity index (χ2v) is 8.88. The molecule has 2 aromatic carbocycles. The van der Waals surface area contributed by atoms with Gasteiger partial charge in [0.15, 0.2) is 11.5 Å². The first-order valence-electron chi connectivity index (χ1n) is 11.7. The highest BCUT2D eigenvalue weighted by molar-refractivity contribution is 6.42. The van der Waals surface area contributed by atoms with Crippen LogP contribution in [0.4, 0.5) is 0 Å². The van der Waals surface area contributed by atoms with Gasteiger partial charge in [0.2, 0.25) is 0 Å². The van der Waals surface area contributed by atoms with Crippen LogP contribution in [0.3, 0.4) is 0 Å². The molecule has 0 aliphatic rings. The summed E-state index contributed by atoms with van der Waals surface area (Å²) in [6.07, 6.45) is 6.20. The summed E-state index contributed by atoms with van der Waals surface area (Å²) in [5, 5.41) is 4.65. The molecule has 0 spiro atoms. The molecule has 0 fully saturated rings. The summed E-state index contributed by atoms with van der Waals surface area (Å²) in [6.45, 7) is 10.2. The lowest BCUT2D eigenvalue weighted by molar-refractivity contribution is 0.260. The minimum absolute atomic E-state index is 0.397. The van der Waals surface area contributed by atoms with Crippen LogP contribution in [0.2, 0.25) is 10.0 Å². The van der Waals surface area contributed by atoms with Crippen molar-refractivity contribution in [1.82, 2.24) is 10.2 Å². The molecule has 178 valence electrons. The summed E-state index contributed by atoms with van der Waals surface area (Å²) in [7, 11) is 1.67. The predicted molar refractivity (Wildman–Crippen MR) is 136 cm³/mol. The molecular weight excluding hydrogens is 443 g/mol. The number of hydrogen-bond acceptors (Lipinski definition) is 4. The average molecular weight is 482 g/mol. The number of benzene rings is 2. The number of para-hydroxylation sites is 1. The van der Waals surface area contributed by atoms with E-state index in [-0.39, 0.29) is 0 Å². The topological polar surface area (TPSA) is 33.7 Å². The van der Waals surface area contributed by atoms with Crippen molar-refractivity contribution in [2.45, 2.75) is 59.1 Å². The lowest BCUT2D eigenvalue weighted by atomic mass is 10.1. The van der Waals surface area contributed by atoms with E-state index in [0.29, 0.717) is 16.7 Å². The number of nitrogens with zero attached hydrogens (tertiary/aromatic N) is 1. The number of rotatable bonds is 16. The molecule has 0 saturated carbocycles. The Morgan fingerprint density at radius 1 is 0.906 bits per heavy atom. The fraction of sp³-hybridized carbons (Fsp3) is 0.538. The highest BCUT2D eigenvalue weighted by Crippen LogP contribution is 2.32. The van der Waals surface area contributed by atoms with Gasteiger partial charge in [0.1, 0.15) is 6.61 Å². The summed E-state index contributed by atoms with van der Waals surface area (Å²) in [5.41, 5.74) is 2.04. The van der Waals surface area contributed by atoms with Gasteiger partial charge in [0.05, 0.1) is 17.2 Å². The normalized spacial score (nSPS) is 11.2.